The Hall–Kier alpha value is -1.76. The van der Waals surface area contributed by atoms with Crippen LogP contribution in [0, 0.1) is 0 Å². The van der Waals surface area contributed by atoms with Gasteiger partial charge in [0, 0.05) is 24.5 Å². The zero-order valence-electron chi connectivity index (χ0n) is 15.3. The maximum Gasteiger partial charge on any atom is 0.416 e. The van der Waals surface area contributed by atoms with E-state index in [4.69, 9.17) is 10.5 Å². The van der Waals surface area contributed by atoms with E-state index in [1.54, 1.807) is 31.7 Å². The zero-order valence-corrected chi connectivity index (χ0v) is 15.3. The van der Waals surface area contributed by atoms with Gasteiger partial charge in [0.05, 0.1) is 5.56 Å². The molecule has 0 saturated carbocycles. The summed E-state index contributed by atoms with van der Waals surface area (Å²) >= 11 is 0. The fourth-order valence-corrected chi connectivity index (χ4v) is 4.22. The molecule has 1 heterocycles. The molecule has 144 valence electrons. The molecule has 2 aliphatic rings. The van der Waals surface area contributed by atoms with E-state index < -0.39 is 28.8 Å². The molecule has 1 atom stereocenters. The van der Waals surface area contributed by atoms with Crippen molar-refractivity contribution in [3.8, 4) is 0 Å². The van der Waals surface area contributed by atoms with Crippen molar-refractivity contribution in [3.63, 3.8) is 0 Å². The lowest BCUT2D eigenvalue weighted by Crippen LogP contribution is -2.46. The Morgan fingerprint density at radius 2 is 1.85 bits per heavy atom. The number of hydrogen-bond donors (Lipinski definition) is 1. The maximum atomic E-state index is 13.4. The second-order valence-electron chi connectivity index (χ2n) is 8.32. The third-order valence-corrected chi connectivity index (χ3v) is 5.34. The van der Waals surface area contributed by atoms with E-state index in [1.165, 1.54) is 6.07 Å². The Bertz CT molecular complexity index is 702. The van der Waals surface area contributed by atoms with Crippen LogP contribution in [-0.4, -0.2) is 29.7 Å². The minimum atomic E-state index is -4.41. The number of nitrogens with zero attached hydrogens (tertiary/aromatic N) is 1. The fraction of sp³-hybridized carbons (Fsp3) is 0.632. The van der Waals surface area contributed by atoms with Gasteiger partial charge in [-0.1, -0.05) is 12.1 Å². The molecule has 1 fully saturated rings. The van der Waals surface area contributed by atoms with Gasteiger partial charge in [0.1, 0.15) is 5.60 Å². The van der Waals surface area contributed by atoms with Crippen LogP contribution in [0.2, 0.25) is 0 Å². The van der Waals surface area contributed by atoms with E-state index in [0.29, 0.717) is 37.9 Å². The second kappa shape index (κ2) is 6.15. The van der Waals surface area contributed by atoms with Crippen LogP contribution < -0.4 is 5.73 Å². The predicted octanol–water partition coefficient (Wildman–Crippen LogP) is 4.38. The van der Waals surface area contributed by atoms with E-state index in [9.17, 15) is 18.0 Å². The average Bonchev–Trinajstić information content (AvgIpc) is 2.78. The second-order valence-corrected chi connectivity index (χ2v) is 8.32. The van der Waals surface area contributed by atoms with Gasteiger partial charge in [0.2, 0.25) is 0 Å². The molecule has 1 aliphatic carbocycles. The molecule has 0 aromatic heterocycles. The van der Waals surface area contributed by atoms with Crippen molar-refractivity contribution in [2.45, 2.75) is 63.3 Å². The topological polar surface area (TPSA) is 55.6 Å². The first-order valence-electron chi connectivity index (χ1n) is 8.87. The molecule has 1 aromatic rings. The zero-order chi connectivity index (χ0) is 19.3. The summed E-state index contributed by atoms with van der Waals surface area (Å²) < 4.78 is 45.5. The molecule has 1 aromatic carbocycles. The first-order valence-corrected chi connectivity index (χ1v) is 8.87. The molecular formula is C19H25F3N2O2. The molecule has 1 unspecified atom stereocenters. The monoisotopic (exact) mass is 370 g/mol. The Labute approximate surface area is 151 Å². The molecule has 26 heavy (non-hydrogen) atoms. The minimum Gasteiger partial charge on any atom is -0.444 e. The summed E-state index contributed by atoms with van der Waals surface area (Å²) in [6.45, 7) is 6.33. The van der Waals surface area contributed by atoms with E-state index in [2.05, 4.69) is 0 Å². The van der Waals surface area contributed by atoms with Crippen LogP contribution in [0.3, 0.4) is 0 Å². The molecule has 3 rings (SSSR count). The smallest absolute Gasteiger partial charge is 0.416 e. The summed E-state index contributed by atoms with van der Waals surface area (Å²) in [5.74, 6) is 0. The molecule has 1 aliphatic heterocycles. The van der Waals surface area contributed by atoms with Gasteiger partial charge in [-0.25, -0.2) is 4.79 Å². The SMILES string of the molecule is CC(C)(C)OC(=O)N1CCC2(CC1)CC(N)c1c(C(F)(F)F)cccc12. The third-order valence-electron chi connectivity index (χ3n) is 5.34. The first kappa shape index (κ1) is 19.0. The highest BCUT2D eigenvalue weighted by atomic mass is 19.4. The highest BCUT2D eigenvalue weighted by molar-refractivity contribution is 5.68. The summed E-state index contributed by atoms with van der Waals surface area (Å²) in [5, 5.41) is 0. The van der Waals surface area contributed by atoms with Crippen molar-refractivity contribution in [2.24, 2.45) is 5.73 Å². The lowest BCUT2D eigenvalue weighted by atomic mass is 9.73. The molecule has 1 amide bonds. The van der Waals surface area contributed by atoms with Crippen LogP contribution in [0.25, 0.3) is 0 Å². The summed E-state index contributed by atoms with van der Waals surface area (Å²) in [7, 11) is 0. The number of carbonyl (C=O) groups is 1. The lowest BCUT2D eigenvalue weighted by Gasteiger charge is -2.40. The Balaban J connectivity index is 1.83. The van der Waals surface area contributed by atoms with Crippen LogP contribution in [-0.2, 0) is 16.3 Å². The highest BCUT2D eigenvalue weighted by Crippen LogP contribution is 2.53. The van der Waals surface area contributed by atoms with E-state index in [0.717, 1.165) is 6.07 Å². The highest BCUT2D eigenvalue weighted by Gasteiger charge is 2.49. The summed E-state index contributed by atoms with van der Waals surface area (Å²) in [6, 6.07) is 3.70. The number of piperidine rings is 1. The largest absolute Gasteiger partial charge is 0.444 e. The quantitative estimate of drug-likeness (QED) is 0.737. The first-order chi connectivity index (χ1) is 11.9. The number of alkyl halides is 3. The summed E-state index contributed by atoms with van der Waals surface area (Å²) in [5.41, 5.74) is 5.45. The number of halogens is 3. The van der Waals surface area contributed by atoms with Crippen molar-refractivity contribution in [1.29, 1.82) is 0 Å². The number of likely N-dealkylation sites (tertiary alicyclic amines) is 1. The van der Waals surface area contributed by atoms with Gasteiger partial charge in [-0.05, 0) is 57.2 Å². The van der Waals surface area contributed by atoms with Crippen LogP contribution in [0.4, 0.5) is 18.0 Å². The van der Waals surface area contributed by atoms with Gasteiger partial charge in [-0.2, -0.15) is 13.2 Å². The van der Waals surface area contributed by atoms with Crippen molar-refractivity contribution in [3.05, 3.63) is 34.9 Å². The number of benzene rings is 1. The molecule has 0 radical (unpaired) electrons. The van der Waals surface area contributed by atoms with Crippen LogP contribution in [0.1, 0.15) is 62.8 Å². The Morgan fingerprint density at radius 3 is 2.38 bits per heavy atom. The number of nitrogens with two attached hydrogens (primary N) is 1. The molecule has 4 nitrogen and oxygen atoms in total. The minimum absolute atomic E-state index is 0.228. The number of hydrogen-bond acceptors (Lipinski definition) is 3. The van der Waals surface area contributed by atoms with E-state index >= 15 is 0 Å². The number of carbonyl (C=O) groups excluding carboxylic acids is 1. The molecule has 1 spiro atoms. The molecule has 1 saturated heterocycles. The average molecular weight is 370 g/mol. The normalized spacial score (nSPS) is 22.4. The fourth-order valence-electron chi connectivity index (χ4n) is 4.22. The number of fused-ring (bicyclic) bond motifs is 2. The van der Waals surface area contributed by atoms with Crippen molar-refractivity contribution in [1.82, 2.24) is 4.90 Å². The van der Waals surface area contributed by atoms with Gasteiger partial charge in [0.15, 0.2) is 0 Å². The van der Waals surface area contributed by atoms with Crippen LogP contribution in [0.15, 0.2) is 18.2 Å². The van der Waals surface area contributed by atoms with Gasteiger partial charge in [-0.3, -0.25) is 0 Å². The summed E-state index contributed by atoms with van der Waals surface area (Å²) in [4.78, 5) is 13.9. The number of amides is 1. The van der Waals surface area contributed by atoms with Gasteiger partial charge in [0.25, 0.3) is 0 Å². The van der Waals surface area contributed by atoms with Crippen molar-refractivity contribution >= 4 is 6.09 Å². The maximum absolute atomic E-state index is 13.4. The van der Waals surface area contributed by atoms with Crippen LogP contribution >= 0.6 is 0 Å². The third kappa shape index (κ3) is 3.41. The van der Waals surface area contributed by atoms with Crippen molar-refractivity contribution in [2.75, 3.05) is 13.1 Å². The molecule has 2 N–H and O–H groups in total. The van der Waals surface area contributed by atoms with Gasteiger partial charge in [-0.15, -0.1) is 0 Å². The van der Waals surface area contributed by atoms with E-state index in [-0.39, 0.29) is 11.7 Å². The predicted molar refractivity (Wildman–Crippen MR) is 91.7 cm³/mol. The number of ether oxygens (including phenoxy) is 1. The molecule has 0 bridgehead atoms. The van der Waals surface area contributed by atoms with Gasteiger partial charge < -0.3 is 15.4 Å². The van der Waals surface area contributed by atoms with Gasteiger partial charge >= 0.3 is 12.3 Å². The number of rotatable bonds is 0. The van der Waals surface area contributed by atoms with Crippen molar-refractivity contribution < 1.29 is 22.7 Å². The summed E-state index contributed by atoms with van der Waals surface area (Å²) in [6.07, 6.45) is -3.12. The Kier molecular flexibility index (Phi) is 4.50. The molecular weight excluding hydrogens is 345 g/mol. The van der Waals surface area contributed by atoms with E-state index in [1.807, 2.05) is 0 Å². The molecule has 7 heteroatoms. The van der Waals surface area contributed by atoms with Crippen LogP contribution in [0.5, 0.6) is 0 Å². The lowest BCUT2D eigenvalue weighted by molar-refractivity contribution is -0.138. The Morgan fingerprint density at radius 1 is 1.23 bits per heavy atom. The standard InChI is InChI=1S/C19H25F3N2O2/c1-17(2,3)26-16(25)24-9-7-18(8-10-24)11-14(23)15-12(18)5-4-6-13(15)19(20,21)22/h4-6,14H,7-11,23H2,1-3H3.